The molecule has 1 heterocycles. The van der Waals surface area contributed by atoms with Crippen molar-refractivity contribution in [2.45, 2.75) is 12.8 Å². The molecule has 1 aliphatic rings. The van der Waals surface area contributed by atoms with E-state index in [1.54, 1.807) is 0 Å². The normalized spacial score (nSPS) is 15.6. The molecule has 0 unspecified atom stereocenters. The van der Waals surface area contributed by atoms with E-state index in [9.17, 15) is 4.79 Å². The summed E-state index contributed by atoms with van der Waals surface area (Å²) in [6.45, 7) is 5.80. The molecular formula is C16H24N2O3. The molecule has 1 amide bonds. The number of nitrogens with zero attached hydrogens (tertiary/aromatic N) is 1. The Morgan fingerprint density at radius 1 is 1.24 bits per heavy atom. The standard InChI is InChI=1S/C16H24N2O3/c19-16(7-12-21-15-5-2-1-3-6-15)17-8-4-9-18-10-13-20-14-11-18/h1-3,5-6H,4,7-14H2,(H,17,19). The molecule has 2 rings (SSSR count). The SMILES string of the molecule is O=C(CCOc1ccccc1)NCCCN1CCOCC1. The fourth-order valence-electron chi connectivity index (χ4n) is 2.22. The zero-order valence-electron chi connectivity index (χ0n) is 12.4. The van der Waals surface area contributed by atoms with Gasteiger partial charge in [0.15, 0.2) is 0 Å². The molecule has 1 N–H and O–H groups in total. The highest BCUT2D eigenvalue weighted by Gasteiger charge is 2.09. The molecule has 1 saturated heterocycles. The predicted molar refractivity (Wildman–Crippen MR) is 81.4 cm³/mol. The van der Waals surface area contributed by atoms with Crippen molar-refractivity contribution < 1.29 is 14.3 Å². The largest absolute Gasteiger partial charge is 0.493 e. The van der Waals surface area contributed by atoms with Gasteiger partial charge in [0, 0.05) is 19.6 Å². The van der Waals surface area contributed by atoms with Crippen LogP contribution < -0.4 is 10.1 Å². The number of hydrogen-bond acceptors (Lipinski definition) is 4. The van der Waals surface area contributed by atoms with Gasteiger partial charge < -0.3 is 14.8 Å². The maximum Gasteiger partial charge on any atom is 0.223 e. The first kappa shape index (κ1) is 15.8. The van der Waals surface area contributed by atoms with Gasteiger partial charge in [-0.15, -0.1) is 0 Å². The minimum Gasteiger partial charge on any atom is -0.493 e. The molecule has 1 fully saturated rings. The number of amides is 1. The highest BCUT2D eigenvalue weighted by atomic mass is 16.5. The maximum absolute atomic E-state index is 11.7. The second-order valence-electron chi connectivity index (χ2n) is 5.07. The van der Waals surface area contributed by atoms with Crippen LogP contribution >= 0.6 is 0 Å². The molecular weight excluding hydrogens is 268 g/mol. The molecule has 0 radical (unpaired) electrons. The van der Waals surface area contributed by atoms with Gasteiger partial charge in [0.05, 0.1) is 26.2 Å². The molecule has 1 aromatic rings. The van der Waals surface area contributed by atoms with Gasteiger partial charge in [0.2, 0.25) is 5.91 Å². The molecule has 0 bridgehead atoms. The Kier molecular flexibility index (Phi) is 7.04. The second-order valence-corrected chi connectivity index (χ2v) is 5.07. The Labute approximate surface area is 126 Å². The number of carbonyl (C=O) groups excluding carboxylic acids is 1. The third-order valence-corrected chi connectivity index (χ3v) is 3.42. The van der Waals surface area contributed by atoms with E-state index in [4.69, 9.17) is 9.47 Å². The monoisotopic (exact) mass is 292 g/mol. The molecule has 1 aliphatic heterocycles. The van der Waals surface area contributed by atoms with Crippen LogP contribution in [0.2, 0.25) is 0 Å². The number of para-hydroxylation sites is 1. The van der Waals surface area contributed by atoms with E-state index in [1.165, 1.54) is 0 Å². The lowest BCUT2D eigenvalue weighted by atomic mass is 10.3. The molecule has 0 aliphatic carbocycles. The third-order valence-electron chi connectivity index (χ3n) is 3.42. The number of hydrogen-bond donors (Lipinski definition) is 1. The van der Waals surface area contributed by atoms with Gasteiger partial charge in [-0.2, -0.15) is 0 Å². The summed E-state index contributed by atoms with van der Waals surface area (Å²) >= 11 is 0. The number of nitrogens with one attached hydrogen (secondary N) is 1. The van der Waals surface area contributed by atoms with Crippen molar-refractivity contribution in [1.82, 2.24) is 10.2 Å². The van der Waals surface area contributed by atoms with Gasteiger partial charge in [0.1, 0.15) is 5.75 Å². The van der Waals surface area contributed by atoms with E-state index in [1.807, 2.05) is 30.3 Å². The van der Waals surface area contributed by atoms with Gasteiger partial charge >= 0.3 is 0 Å². The van der Waals surface area contributed by atoms with E-state index in [-0.39, 0.29) is 5.91 Å². The van der Waals surface area contributed by atoms with Crippen LogP contribution in [0.3, 0.4) is 0 Å². The first-order valence-electron chi connectivity index (χ1n) is 7.59. The molecule has 0 aromatic heterocycles. The summed E-state index contributed by atoms with van der Waals surface area (Å²) in [4.78, 5) is 14.0. The van der Waals surface area contributed by atoms with E-state index >= 15 is 0 Å². The molecule has 116 valence electrons. The van der Waals surface area contributed by atoms with Crippen molar-refractivity contribution >= 4 is 5.91 Å². The third kappa shape index (κ3) is 6.60. The van der Waals surface area contributed by atoms with Crippen molar-refractivity contribution in [3.8, 4) is 5.75 Å². The van der Waals surface area contributed by atoms with Gasteiger partial charge in [-0.05, 0) is 25.1 Å². The van der Waals surface area contributed by atoms with Crippen molar-refractivity contribution in [2.75, 3.05) is 46.0 Å². The Morgan fingerprint density at radius 2 is 2.00 bits per heavy atom. The summed E-state index contributed by atoms with van der Waals surface area (Å²) < 4.78 is 10.8. The lowest BCUT2D eigenvalue weighted by molar-refractivity contribution is -0.121. The van der Waals surface area contributed by atoms with Crippen LogP contribution in [0.1, 0.15) is 12.8 Å². The topological polar surface area (TPSA) is 50.8 Å². The summed E-state index contributed by atoms with van der Waals surface area (Å²) in [5, 5.41) is 2.93. The second kappa shape index (κ2) is 9.37. The Morgan fingerprint density at radius 3 is 2.76 bits per heavy atom. The number of rotatable bonds is 8. The molecule has 0 saturated carbocycles. The number of carbonyl (C=O) groups is 1. The number of ether oxygens (including phenoxy) is 2. The van der Waals surface area contributed by atoms with Crippen molar-refractivity contribution in [1.29, 1.82) is 0 Å². The Bertz CT molecular complexity index is 405. The first-order valence-corrected chi connectivity index (χ1v) is 7.59. The fraction of sp³-hybridized carbons (Fsp3) is 0.562. The maximum atomic E-state index is 11.7. The van der Waals surface area contributed by atoms with Gasteiger partial charge in [-0.25, -0.2) is 0 Å². The van der Waals surface area contributed by atoms with Gasteiger partial charge in [-0.3, -0.25) is 9.69 Å². The fourth-order valence-corrected chi connectivity index (χ4v) is 2.22. The minimum atomic E-state index is 0.0490. The zero-order valence-corrected chi connectivity index (χ0v) is 12.4. The summed E-state index contributed by atoms with van der Waals surface area (Å²) in [5.74, 6) is 0.852. The van der Waals surface area contributed by atoms with Crippen LogP contribution in [0, 0.1) is 0 Å². The van der Waals surface area contributed by atoms with Gasteiger partial charge in [0.25, 0.3) is 0 Å². The van der Waals surface area contributed by atoms with Crippen molar-refractivity contribution in [2.24, 2.45) is 0 Å². The minimum absolute atomic E-state index is 0.0490. The van der Waals surface area contributed by atoms with Crippen LogP contribution in [0.25, 0.3) is 0 Å². The van der Waals surface area contributed by atoms with Gasteiger partial charge in [-0.1, -0.05) is 18.2 Å². The van der Waals surface area contributed by atoms with Crippen LogP contribution in [0.4, 0.5) is 0 Å². The van der Waals surface area contributed by atoms with E-state index in [0.29, 0.717) is 13.0 Å². The summed E-state index contributed by atoms with van der Waals surface area (Å²) in [5.41, 5.74) is 0. The quantitative estimate of drug-likeness (QED) is 0.734. The summed E-state index contributed by atoms with van der Waals surface area (Å²) in [6, 6.07) is 9.55. The van der Waals surface area contributed by atoms with Crippen LogP contribution in [0.5, 0.6) is 5.75 Å². The van der Waals surface area contributed by atoms with E-state index in [2.05, 4.69) is 10.2 Å². The predicted octanol–water partition coefficient (Wildman–Crippen LogP) is 1.29. The smallest absolute Gasteiger partial charge is 0.223 e. The number of morpholine rings is 1. The zero-order chi connectivity index (χ0) is 14.8. The van der Waals surface area contributed by atoms with E-state index < -0.39 is 0 Å². The lowest BCUT2D eigenvalue weighted by Gasteiger charge is -2.26. The number of benzene rings is 1. The summed E-state index contributed by atoms with van der Waals surface area (Å²) in [6.07, 6.45) is 1.37. The summed E-state index contributed by atoms with van der Waals surface area (Å²) in [7, 11) is 0. The van der Waals surface area contributed by atoms with Crippen LogP contribution in [-0.2, 0) is 9.53 Å². The molecule has 0 spiro atoms. The Balaban J connectivity index is 1.47. The molecule has 21 heavy (non-hydrogen) atoms. The molecule has 5 nitrogen and oxygen atoms in total. The first-order chi connectivity index (χ1) is 10.3. The average molecular weight is 292 g/mol. The highest BCUT2D eigenvalue weighted by Crippen LogP contribution is 2.08. The van der Waals surface area contributed by atoms with Crippen LogP contribution in [0.15, 0.2) is 30.3 Å². The van der Waals surface area contributed by atoms with Crippen molar-refractivity contribution in [3.63, 3.8) is 0 Å². The average Bonchev–Trinajstić information content (AvgIpc) is 2.54. The molecule has 1 aromatic carbocycles. The molecule has 5 heteroatoms. The lowest BCUT2D eigenvalue weighted by Crippen LogP contribution is -2.38. The van der Waals surface area contributed by atoms with Crippen molar-refractivity contribution in [3.05, 3.63) is 30.3 Å². The molecule has 0 atom stereocenters. The van der Waals surface area contributed by atoms with Crippen LogP contribution in [-0.4, -0.2) is 56.8 Å². The highest BCUT2D eigenvalue weighted by molar-refractivity contribution is 5.75. The Hall–Kier alpha value is -1.59. The van der Waals surface area contributed by atoms with E-state index in [0.717, 1.165) is 51.6 Å².